The highest BCUT2D eigenvalue weighted by molar-refractivity contribution is 6.00. The van der Waals surface area contributed by atoms with Crippen molar-refractivity contribution in [2.24, 2.45) is 0 Å². The first kappa shape index (κ1) is 9.95. The summed E-state index contributed by atoms with van der Waals surface area (Å²) in [7, 11) is 0. The number of rotatable bonds is 0. The largest absolute Gasteiger partial charge is 0.440 e. The molecule has 0 saturated heterocycles. The number of pyridine rings is 1. The van der Waals surface area contributed by atoms with Crippen LogP contribution in [0, 0.1) is 18.6 Å². The molecule has 0 spiro atoms. The molecule has 0 bridgehead atoms. The normalized spacial score (nSPS) is 11.5. The third-order valence-corrected chi connectivity index (χ3v) is 2.50. The minimum absolute atomic E-state index is 0.0843. The van der Waals surface area contributed by atoms with Crippen LogP contribution < -0.4 is 5.56 Å². The van der Waals surface area contributed by atoms with Gasteiger partial charge in [-0.25, -0.2) is 13.8 Å². The second-order valence-electron chi connectivity index (χ2n) is 3.68. The zero-order valence-corrected chi connectivity index (χ0v) is 8.67. The van der Waals surface area contributed by atoms with Gasteiger partial charge in [-0.1, -0.05) is 0 Å². The lowest BCUT2D eigenvalue weighted by Crippen LogP contribution is -2.06. The predicted molar refractivity (Wildman–Crippen MR) is 56.8 cm³/mol. The molecule has 17 heavy (non-hydrogen) atoms. The van der Waals surface area contributed by atoms with Gasteiger partial charge in [0.25, 0.3) is 5.56 Å². The zero-order chi connectivity index (χ0) is 12.2. The summed E-state index contributed by atoms with van der Waals surface area (Å²) in [6.07, 6.45) is 0. The van der Waals surface area contributed by atoms with Crippen LogP contribution in [0.1, 0.15) is 5.89 Å². The number of oxazole rings is 1. The number of hydrogen-bond donors (Lipinski definition) is 1. The molecule has 86 valence electrons. The average molecular weight is 236 g/mol. The molecule has 0 aliphatic heterocycles. The lowest BCUT2D eigenvalue weighted by atomic mass is 10.2. The van der Waals surface area contributed by atoms with Gasteiger partial charge in [-0.05, 0) is 6.07 Å². The molecule has 0 radical (unpaired) electrons. The Labute approximate surface area is 92.9 Å². The van der Waals surface area contributed by atoms with Gasteiger partial charge in [0.1, 0.15) is 0 Å². The lowest BCUT2D eigenvalue weighted by Gasteiger charge is -1.99. The molecule has 0 amide bonds. The number of aryl methyl sites for hydroxylation is 1. The predicted octanol–water partition coefficient (Wildman–Crippen LogP) is 2.26. The Kier molecular flexibility index (Phi) is 1.83. The van der Waals surface area contributed by atoms with E-state index in [4.69, 9.17) is 4.42 Å². The van der Waals surface area contributed by atoms with E-state index in [2.05, 4.69) is 9.97 Å². The third-order valence-electron chi connectivity index (χ3n) is 2.50. The maximum Gasteiger partial charge on any atom is 0.278 e. The van der Waals surface area contributed by atoms with E-state index in [0.29, 0.717) is 11.3 Å². The molecule has 0 aliphatic rings. The summed E-state index contributed by atoms with van der Waals surface area (Å²) in [6.45, 7) is 1.57. The second kappa shape index (κ2) is 3.13. The van der Waals surface area contributed by atoms with Crippen LogP contribution in [0.5, 0.6) is 0 Å². The molecule has 0 fully saturated rings. The quantitative estimate of drug-likeness (QED) is 0.651. The van der Waals surface area contributed by atoms with E-state index < -0.39 is 17.2 Å². The fourth-order valence-corrected chi connectivity index (χ4v) is 1.78. The summed E-state index contributed by atoms with van der Waals surface area (Å²) in [5, 5.41) is 0.291. The lowest BCUT2D eigenvalue weighted by molar-refractivity contribution is 0.510. The molecule has 2 heterocycles. The topological polar surface area (TPSA) is 58.9 Å². The monoisotopic (exact) mass is 236 g/mol. The number of halogens is 2. The number of hydrogen-bond acceptors (Lipinski definition) is 3. The van der Waals surface area contributed by atoms with Crippen LogP contribution in [-0.2, 0) is 0 Å². The number of fused-ring (bicyclic) bond motifs is 3. The highest BCUT2D eigenvalue weighted by atomic mass is 19.2. The first-order chi connectivity index (χ1) is 8.06. The van der Waals surface area contributed by atoms with Gasteiger partial charge in [-0.15, -0.1) is 0 Å². The molecule has 2 aromatic heterocycles. The Balaban J connectivity index is 2.62. The van der Waals surface area contributed by atoms with Gasteiger partial charge in [-0.3, -0.25) is 4.79 Å². The molecular weight excluding hydrogens is 230 g/mol. The molecule has 3 rings (SSSR count). The van der Waals surface area contributed by atoms with E-state index in [1.54, 1.807) is 6.92 Å². The molecule has 0 atom stereocenters. The fraction of sp³-hybridized carbons (Fsp3) is 0.0909. The Morgan fingerprint density at radius 3 is 2.76 bits per heavy atom. The molecule has 1 N–H and O–H groups in total. The van der Waals surface area contributed by atoms with Crippen LogP contribution in [-0.4, -0.2) is 9.97 Å². The summed E-state index contributed by atoms with van der Waals surface area (Å²) in [4.78, 5) is 17.9. The summed E-state index contributed by atoms with van der Waals surface area (Å²) in [6, 6.07) is 1.90. The Hall–Kier alpha value is -2.24. The number of benzene rings is 1. The summed E-state index contributed by atoms with van der Waals surface area (Å²) in [5.41, 5.74) is -0.0610. The minimum Gasteiger partial charge on any atom is -0.440 e. The Morgan fingerprint density at radius 2 is 2.00 bits per heavy atom. The number of H-pyrrole nitrogens is 1. The summed E-state index contributed by atoms with van der Waals surface area (Å²) in [5.74, 6) is -1.73. The molecule has 4 nitrogen and oxygen atoms in total. The van der Waals surface area contributed by atoms with Gasteiger partial charge < -0.3 is 9.40 Å². The highest BCUT2D eigenvalue weighted by Gasteiger charge is 2.14. The average Bonchev–Trinajstić information content (AvgIpc) is 2.64. The van der Waals surface area contributed by atoms with Crippen molar-refractivity contribution in [2.45, 2.75) is 6.92 Å². The molecule has 6 heteroatoms. The van der Waals surface area contributed by atoms with Gasteiger partial charge in [0.15, 0.2) is 28.6 Å². The van der Waals surface area contributed by atoms with E-state index in [0.717, 1.165) is 12.1 Å². The van der Waals surface area contributed by atoms with E-state index in [-0.39, 0.29) is 16.6 Å². The first-order valence-corrected chi connectivity index (χ1v) is 4.84. The van der Waals surface area contributed by atoms with E-state index in [1.165, 1.54) is 0 Å². The van der Waals surface area contributed by atoms with Crippen molar-refractivity contribution >= 4 is 22.0 Å². The summed E-state index contributed by atoms with van der Waals surface area (Å²) >= 11 is 0. The molecule has 3 aromatic rings. The van der Waals surface area contributed by atoms with E-state index in [1.807, 2.05) is 0 Å². The minimum atomic E-state index is -1.02. The summed E-state index contributed by atoms with van der Waals surface area (Å²) < 4.78 is 31.4. The smallest absolute Gasteiger partial charge is 0.278 e. The van der Waals surface area contributed by atoms with Crippen molar-refractivity contribution in [3.05, 3.63) is 40.0 Å². The number of nitrogens with one attached hydrogen (secondary N) is 1. The SMILES string of the molecule is Cc1nc2c(=O)[nH]c3cc(F)c(F)cc3c2o1. The molecule has 0 aliphatic carbocycles. The van der Waals surface area contributed by atoms with Crippen LogP contribution in [0.4, 0.5) is 8.78 Å². The van der Waals surface area contributed by atoms with Gasteiger partial charge in [0.05, 0.1) is 5.52 Å². The zero-order valence-electron chi connectivity index (χ0n) is 8.67. The van der Waals surface area contributed by atoms with E-state index >= 15 is 0 Å². The van der Waals surface area contributed by atoms with Gasteiger partial charge in [-0.2, -0.15) is 0 Å². The van der Waals surface area contributed by atoms with Crippen LogP contribution in [0.2, 0.25) is 0 Å². The van der Waals surface area contributed by atoms with Gasteiger partial charge in [0, 0.05) is 18.4 Å². The van der Waals surface area contributed by atoms with Crippen molar-refractivity contribution in [3.8, 4) is 0 Å². The van der Waals surface area contributed by atoms with Crippen molar-refractivity contribution in [1.82, 2.24) is 9.97 Å². The Bertz CT molecular complexity index is 804. The first-order valence-electron chi connectivity index (χ1n) is 4.84. The third kappa shape index (κ3) is 1.33. The highest BCUT2D eigenvalue weighted by Crippen LogP contribution is 2.23. The van der Waals surface area contributed by atoms with Gasteiger partial charge >= 0.3 is 0 Å². The van der Waals surface area contributed by atoms with Crippen molar-refractivity contribution in [2.75, 3.05) is 0 Å². The molecule has 0 saturated carbocycles. The van der Waals surface area contributed by atoms with Gasteiger partial charge in [0.2, 0.25) is 0 Å². The number of aromatic nitrogens is 2. The Morgan fingerprint density at radius 1 is 1.29 bits per heavy atom. The number of aromatic amines is 1. The van der Waals surface area contributed by atoms with Crippen molar-refractivity contribution in [1.29, 1.82) is 0 Å². The van der Waals surface area contributed by atoms with Crippen LogP contribution in [0.15, 0.2) is 21.3 Å². The van der Waals surface area contributed by atoms with Crippen LogP contribution in [0.3, 0.4) is 0 Å². The fourth-order valence-electron chi connectivity index (χ4n) is 1.78. The number of nitrogens with zero attached hydrogens (tertiary/aromatic N) is 1. The maximum absolute atomic E-state index is 13.2. The standard InChI is InChI=1S/C11H6F2N2O2/c1-4-14-9-10(17-4)5-2-6(12)7(13)3-8(5)15-11(9)16/h2-3H,1H3,(H,15,16). The molecule has 0 unspecified atom stereocenters. The van der Waals surface area contributed by atoms with Crippen LogP contribution in [0.25, 0.3) is 22.0 Å². The van der Waals surface area contributed by atoms with Crippen molar-refractivity contribution < 1.29 is 13.2 Å². The van der Waals surface area contributed by atoms with Crippen molar-refractivity contribution in [3.63, 3.8) is 0 Å². The molecular formula is C11H6F2N2O2. The van der Waals surface area contributed by atoms with E-state index in [9.17, 15) is 13.6 Å². The van der Waals surface area contributed by atoms with Crippen LogP contribution >= 0.6 is 0 Å². The maximum atomic E-state index is 13.2. The second-order valence-corrected chi connectivity index (χ2v) is 3.68. The molecule has 1 aromatic carbocycles.